The van der Waals surface area contributed by atoms with E-state index in [0.717, 1.165) is 17.8 Å². The first-order chi connectivity index (χ1) is 16.1. The van der Waals surface area contributed by atoms with Gasteiger partial charge in [-0.2, -0.15) is 15.1 Å². The van der Waals surface area contributed by atoms with Gasteiger partial charge in [0.25, 0.3) is 5.91 Å². The largest absolute Gasteiger partial charge is 0.326 e. The predicted molar refractivity (Wildman–Crippen MR) is 122 cm³/mol. The zero-order valence-electron chi connectivity index (χ0n) is 18.2. The number of nitrogens with zero attached hydrogens (tertiary/aromatic N) is 7. The molecule has 33 heavy (non-hydrogen) atoms. The number of rotatable bonds is 6. The SMILES string of the molecule is CC1(C(=O)Nc2cnccn2)CCCN1c1nc(Nc2cc(C3CC3)[nH]n2)n2cccc2n1. The van der Waals surface area contributed by atoms with Gasteiger partial charge in [-0.1, -0.05) is 0 Å². The van der Waals surface area contributed by atoms with Crippen LogP contribution in [0, 0.1) is 0 Å². The molecule has 1 saturated carbocycles. The zero-order chi connectivity index (χ0) is 22.4. The number of H-pyrrole nitrogens is 1. The molecule has 168 valence electrons. The van der Waals surface area contributed by atoms with Crippen molar-refractivity contribution in [2.75, 3.05) is 22.1 Å². The van der Waals surface area contributed by atoms with Crippen LogP contribution < -0.4 is 15.5 Å². The van der Waals surface area contributed by atoms with Gasteiger partial charge >= 0.3 is 0 Å². The lowest BCUT2D eigenvalue weighted by molar-refractivity contribution is -0.120. The van der Waals surface area contributed by atoms with E-state index in [9.17, 15) is 4.79 Å². The van der Waals surface area contributed by atoms with Crippen LogP contribution in [0.1, 0.15) is 44.2 Å². The molecular formula is C22H24N10O. The third-order valence-electron chi connectivity index (χ3n) is 6.41. The number of hydrogen-bond donors (Lipinski definition) is 3. The van der Waals surface area contributed by atoms with Gasteiger partial charge in [-0.25, -0.2) is 4.98 Å². The Bertz CT molecular complexity index is 1310. The highest BCUT2D eigenvalue weighted by Crippen LogP contribution is 2.40. The minimum atomic E-state index is -0.814. The van der Waals surface area contributed by atoms with Crippen molar-refractivity contribution in [3.8, 4) is 0 Å². The first kappa shape index (κ1) is 19.6. The van der Waals surface area contributed by atoms with E-state index in [4.69, 9.17) is 9.97 Å². The van der Waals surface area contributed by atoms with Gasteiger partial charge < -0.3 is 15.5 Å². The van der Waals surface area contributed by atoms with Crippen molar-refractivity contribution in [1.82, 2.24) is 34.5 Å². The van der Waals surface area contributed by atoms with Crippen LogP contribution in [-0.4, -0.2) is 52.5 Å². The summed E-state index contributed by atoms with van der Waals surface area (Å²) in [6.07, 6.45) is 10.5. The molecule has 1 aliphatic carbocycles. The van der Waals surface area contributed by atoms with E-state index in [1.54, 1.807) is 12.4 Å². The molecule has 11 nitrogen and oxygen atoms in total. The first-order valence-corrected chi connectivity index (χ1v) is 11.1. The van der Waals surface area contributed by atoms with Crippen LogP contribution in [0.25, 0.3) is 5.65 Å². The topological polar surface area (TPSA) is 129 Å². The average molecular weight is 445 g/mol. The normalized spacial score (nSPS) is 20.3. The summed E-state index contributed by atoms with van der Waals surface area (Å²) in [6, 6.07) is 5.87. The smallest absolute Gasteiger partial charge is 0.251 e. The van der Waals surface area contributed by atoms with E-state index < -0.39 is 5.54 Å². The molecule has 2 aliphatic rings. The molecular weight excluding hydrogens is 420 g/mol. The van der Waals surface area contributed by atoms with Gasteiger partial charge in [0.05, 0.1) is 6.20 Å². The Morgan fingerprint density at radius 2 is 2.15 bits per heavy atom. The Morgan fingerprint density at radius 3 is 2.97 bits per heavy atom. The van der Waals surface area contributed by atoms with Crippen molar-refractivity contribution in [3.63, 3.8) is 0 Å². The fourth-order valence-electron chi connectivity index (χ4n) is 4.38. The average Bonchev–Trinajstić information content (AvgIpc) is 3.20. The number of carbonyl (C=O) groups is 1. The van der Waals surface area contributed by atoms with Crippen LogP contribution in [0.5, 0.6) is 0 Å². The van der Waals surface area contributed by atoms with Crippen LogP contribution >= 0.6 is 0 Å². The van der Waals surface area contributed by atoms with Crippen LogP contribution in [-0.2, 0) is 4.79 Å². The minimum Gasteiger partial charge on any atom is -0.326 e. The molecule has 1 amide bonds. The molecule has 1 atom stereocenters. The van der Waals surface area contributed by atoms with Gasteiger partial charge in [0, 0.05) is 42.8 Å². The predicted octanol–water partition coefficient (Wildman–Crippen LogP) is 2.86. The molecule has 1 aliphatic heterocycles. The maximum Gasteiger partial charge on any atom is 0.251 e. The van der Waals surface area contributed by atoms with Gasteiger partial charge in [0.2, 0.25) is 11.9 Å². The van der Waals surface area contributed by atoms with Crippen molar-refractivity contribution in [1.29, 1.82) is 0 Å². The maximum atomic E-state index is 13.3. The van der Waals surface area contributed by atoms with Crippen molar-refractivity contribution < 1.29 is 4.79 Å². The van der Waals surface area contributed by atoms with Gasteiger partial charge in [-0.05, 0) is 44.7 Å². The lowest BCUT2D eigenvalue weighted by Crippen LogP contribution is -2.51. The molecule has 0 spiro atoms. The van der Waals surface area contributed by atoms with Crippen LogP contribution in [0.3, 0.4) is 0 Å². The summed E-state index contributed by atoms with van der Waals surface area (Å²) in [7, 11) is 0. The second kappa shape index (κ2) is 7.54. The van der Waals surface area contributed by atoms with Gasteiger partial charge in [-0.15, -0.1) is 0 Å². The Balaban J connectivity index is 1.32. The number of aromatic nitrogens is 7. The second-order valence-corrected chi connectivity index (χ2v) is 8.77. The van der Waals surface area contributed by atoms with Crippen LogP contribution in [0.4, 0.5) is 23.5 Å². The standard InChI is InChI=1S/C22H24N10O/c1-22(19(33)25-17-13-23-8-9-24-17)7-3-11-32(22)21-27-18-4-2-10-31(18)20(28-21)26-16-12-15(29-30-16)14-5-6-14/h2,4,8-10,12-14H,3,5-7,11H2,1H3,(H,24,25,33)(H2,26,27,28,29,30). The fourth-order valence-corrected chi connectivity index (χ4v) is 4.38. The zero-order valence-corrected chi connectivity index (χ0v) is 18.2. The summed E-state index contributed by atoms with van der Waals surface area (Å²) in [5.41, 5.74) is 1.07. The molecule has 11 heteroatoms. The van der Waals surface area contributed by atoms with E-state index in [0.29, 0.717) is 42.4 Å². The Labute approximate surface area is 189 Å². The summed E-state index contributed by atoms with van der Waals surface area (Å²) in [5.74, 6) is 2.65. The van der Waals surface area contributed by atoms with Gasteiger partial charge in [0.1, 0.15) is 11.2 Å². The lowest BCUT2D eigenvalue weighted by atomic mass is 9.98. The third-order valence-corrected chi connectivity index (χ3v) is 6.41. The Kier molecular flexibility index (Phi) is 4.49. The van der Waals surface area contributed by atoms with Gasteiger partial charge in [0.15, 0.2) is 11.6 Å². The summed E-state index contributed by atoms with van der Waals surface area (Å²) < 4.78 is 1.88. The van der Waals surface area contributed by atoms with Crippen LogP contribution in [0.15, 0.2) is 43.0 Å². The highest BCUT2D eigenvalue weighted by atomic mass is 16.2. The highest BCUT2D eigenvalue weighted by Gasteiger charge is 2.45. The highest BCUT2D eigenvalue weighted by molar-refractivity contribution is 5.99. The summed E-state index contributed by atoms with van der Waals surface area (Å²) in [5, 5.41) is 13.7. The molecule has 5 heterocycles. The Morgan fingerprint density at radius 1 is 1.24 bits per heavy atom. The van der Waals surface area contributed by atoms with E-state index in [2.05, 4.69) is 30.8 Å². The van der Waals surface area contributed by atoms with Gasteiger partial charge in [-0.3, -0.25) is 19.3 Å². The second-order valence-electron chi connectivity index (χ2n) is 8.77. The van der Waals surface area contributed by atoms with Crippen molar-refractivity contribution in [2.24, 2.45) is 0 Å². The van der Waals surface area contributed by atoms with E-state index in [1.807, 2.05) is 40.6 Å². The quantitative estimate of drug-likeness (QED) is 0.414. The first-order valence-electron chi connectivity index (χ1n) is 11.1. The lowest BCUT2D eigenvalue weighted by Gasteiger charge is -2.33. The number of aromatic amines is 1. The monoisotopic (exact) mass is 444 g/mol. The molecule has 0 aromatic carbocycles. The number of hydrogen-bond acceptors (Lipinski definition) is 8. The fraction of sp³-hybridized carbons (Fsp3) is 0.364. The molecule has 1 saturated heterocycles. The number of anilines is 4. The number of amides is 1. The third kappa shape index (κ3) is 3.55. The molecule has 3 N–H and O–H groups in total. The Hall–Kier alpha value is -4.02. The van der Waals surface area contributed by atoms with Crippen molar-refractivity contribution >= 4 is 35.1 Å². The van der Waals surface area contributed by atoms with E-state index >= 15 is 0 Å². The molecule has 4 aromatic rings. The van der Waals surface area contributed by atoms with E-state index in [-0.39, 0.29) is 5.91 Å². The number of carbonyl (C=O) groups excluding carboxylic acids is 1. The molecule has 4 aromatic heterocycles. The molecule has 6 rings (SSSR count). The summed E-state index contributed by atoms with van der Waals surface area (Å²) in [4.78, 5) is 33.0. The van der Waals surface area contributed by atoms with Crippen LogP contribution in [0.2, 0.25) is 0 Å². The number of fused-ring (bicyclic) bond motifs is 1. The molecule has 0 radical (unpaired) electrons. The summed E-state index contributed by atoms with van der Waals surface area (Å²) in [6.45, 7) is 2.59. The minimum absolute atomic E-state index is 0.157. The van der Waals surface area contributed by atoms with Crippen molar-refractivity contribution in [3.05, 3.63) is 48.7 Å². The molecule has 0 bridgehead atoms. The maximum absolute atomic E-state index is 13.3. The van der Waals surface area contributed by atoms with Crippen molar-refractivity contribution in [2.45, 2.75) is 44.1 Å². The molecule has 1 unspecified atom stereocenters. The van der Waals surface area contributed by atoms with E-state index in [1.165, 1.54) is 19.0 Å². The summed E-state index contributed by atoms with van der Waals surface area (Å²) >= 11 is 0. The molecule has 2 fully saturated rings. The number of nitrogens with one attached hydrogen (secondary N) is 3.